The first-order valence-corrected chi connectivity index (χ1v) is 3.20. The van der Waals surface area contributed by atoms with Crippen molar-refractivity contribution in [3.8, 4) is 0 Å². The molecule has 0 saturated heterocycles. The first-order chi connectivity index (χ1) is 4.54. The van der Waals surface area contributed by atoms with Gasteiger partial charge in [0.15, 0.2) is 0 Å². The van der Waals surface area contributed by atoms with E-state index in [2.05, 4.69) is 0 Å². The van der Waals surface area contributed by atoms with Crippen molar-refractivity contribution in [1.82, 2.24) is 0 Å². The molecule has 0 saturated carbocycles. The maximum atomic E-state index is 11.8. The SMILES string of the molecule is O=C(O)C(F)=CC=S(=O)=O. The summed E-state index contributed by atoms with van der Waals surface area (Å²) in [7, 11) is -2.56. The Balaban J connectivity index is 4.50. The number of hydrogen-bond acceptors (Lipinski definition) is 3. The minimum Gasteiger partial charge on any atom is -0.476 e. The topological polar surface area (TPSA) is 71.4 Å². The zero-order chi connectivity index (χ0) is 8.15. The number of allylic oxidation sites excluding steroid dienone is 1. The van der Waals surface area contributed by atoms with Crippen molar-refractivity contribution in [2.24, 2.45) is 0 Å². The summed E-state index contributed by atoms with van der Waals surface area (Å²) in [6, 6.07) is 0. The molecule has 1 N–H and O–H groups in total. The molecule has 0 aliphatic carbocycles. The second-order valence-corrected chi connectivity index (χ2v) is 2.01. The third-order valence-electron chi connectivity index (χ3n) is 0.530. The molecule has 0 radical (unpaired) electrons. The molecule has 0 aliphatic rings. The number of aliphatic carboxylic acids is 1. The van der Waals surface area contributed by atoms with Crippen molar-refractivity contribution in [3.63, 3.8) is 0 Å². The van der Waals surface area contributed by atoms with Crippen LogP contribution < -0.4 is 0 Å². The third-order valence-corrected chi connectivity index (χ3v) is 0.888. The monoisotopic (exact) mass is 166 g/mol. The minimum absolute atomic E-state index is 0.353. The Morgan fingerprint density at radius 1 is 1.50 bits per heavy atom. The fourth-order valence-corrected chi connectivity index (χ4v) is 0.417. The van der Waals surface area contributed by atoms with Crippen LogP contribution in [-0.4, -0.2) is 24.9 Å². The minimum atomic E-state index is -2.56. The first kappa shape index (κ1) is 8.83. The number of halogens is 1. The molecule has 0 unspecified atom stereocenters. The van der Waals surface area contributed by atoms with Crippen LogP contribution in [0.4, 0.5) is 4.39 Å². The van der Waals surface area contributed by atoms with Crippen molar-refractivity contribution >= 4 is 21.6 Å². The molecule has 0 fully saturated rings. The molecule has 0 amide bonds. The molecule has 0 spiro atoms. The Labute approximate surface area is 57.1 Å². The average Bonchev–Trinajstić information content (AvgIpc) is 1.82. The van der Waals surface area contributed by atoms with Gasteiger partial charge in [-0.25, -0.2) is 4.79 Å². The maximum Gasteiger partial charge on any atom is 0.364 e. The largest absolute Gasteiger partial charge is 0.476 e. The molecule has 0 aromatic heterocycles. The lowest BCUT2D eigenvalue weighted by Crippen LogP contribution is -1.94. The molecule has 0 bridgehead atoms. The summed E-state index contributed by atoms with van der Waals surface area (Å²) in [6.07, 6.45) is 0.353. The quantitative estimate of drug-likeness (QED) is 0.447. The highest BCUT2D eigenvalue weighted by molar-refractivity contribution is 7.71. The summed E-state index contributed by atoms with van der Waals surface area (Å²) in [5, 5.41) is 8.24. The normalized spacial score (nSPS) is 10.7. The van der Waals surface area contributed by atoms with E-state index in [0.29, 0.717) is 11.4 Å². The standard InChI is InChI=1S/C4H3FO4S/c5-3(4(6)7)1-2-10(8)9/h1-2H,(H,6,7). The van der Waals surface area contributed by atoms with Crippen LogP contribution in [0.3, 0.4) is 0 Å². The molecule has 0 aromatic carbocycles. The van der Waals surface area contributed by atoms with Crippen molar-refractivity contribution < 1.29 is 22.7 Å². The molecule has 6 heteroatoms. The Morgan fingerprint density at radius 2 is 2.00 bits per heavy atom. The van der Waals surface area contributed by atoms with Crippen LogP contribution in [0.25, 0.3) is 0 Å². The molecular weight excluding hydrogens is 163 g/mol. The highest BCUT2D eigenvalue weighted by Gasteiger charge is 2.01. The molecule has 0 aromatic rings. The summed E-state index contributed by atoms with van der Waals surface area (Å²) >= 11 is 0. The lowest BCUT2D eigenvalue weighted by Gasteiger charge is -1.79. The molecule has 0 heterocycles. The molecular formula is C4H3FO4S. The molecule has 56 valence electrons. The Bertz CT molecular complexity index is 278. The molecule has 4 nitrogen and oxygen atoms in total. The maximum absolute atomic E-state index is 11.8. The molecule has 0 aliphatic heterocycles. The van der Waals surface area contributed by atoms with Crippen LogP contribution in [-0.2, 0) is 15.1 Å². The van der Waals surface area contributed by atoms with E-state index >= 15 is 0 Å². The highest BCUT2D eigenvalue weighted by Crippen LogP contribution is 1.91. The lowest BCUT2D eigenvalue weighted by molar-refractivity contribution is -0.134. The van der Waals surface area contributed by atoms with E-state index in [1.165, 1.54) is 0 Å². The van der Waals surface area contributed by atoms with E-state index in [9.17, 15) is 17.6 Å². The van der Waals surface area contributed by atoms with E-state index in [0.717, 1.165) is 0 Å². The smallest absolute Gasteiger partial charge is 0.364 e. The van der Waals surface area contributed by atoms with Crippen molar-refractivity contribution in [2.75, 3.05) is 0 Å². The van der Waals surface area contributed by atoms with Gasteiger partial charge in [-0.3, -0.25) is 0 Å². The number of rotatable bonds is 2. The average molecular weight is 166 g/mol. The van der Waals surface area contributed by atoms with Gasteiger partial charge >= 0.3 is 5.97 Å². The number of carbonyl (C=O) groups is 1. The van der Waals surface area contributed by atoms with Crippen LogP contribution in [0.15, 0.2) is 11.9 Å². The molecule has 0 rings (SSSR count). The van der Waals surface area contributed by atoms with Crippen LogP contribution in [0.1, 0.15) is 0 Å². The van der Waals surface area contributed by atoms with Crippen LogP contribution >= 0.6 is 0 Å². The van der Waals surface area contributed by atoms with Gasteiger partial charge < -0.3 is 5.11 Å². The number of hydrogen-bond donors (Lipinski definition) is 1. The zero-order valence-corrected chi connectivity index (χ0v) is 5.43. The van der Waals surface area contributed by atoms with E-state index in [1.807, 2.05) is 0 Å². The van der Waals surface area contributed by atoms with Crippen LogP contribution in [0, 0.1) is 0 Å². The van der Waals surface area contributed by atoms with E-state index < -0.39 is 22.1 Å². The summed E-state index contributed by atoms with van der Waals surface area (Å²) in [6.45, 7) is 0. The van der Waals surface area contributed by atoms with Gasteiger partial charge in [0.2, 0.25) is 16.1 Å². The molecule has 10 heavy (non-hydrogen) atoms. The second-order valence-electron chi connectivity index (χ2n) is 1.22. The van der Waals surface area contributed by atoms with Crippen molar-refractivity contribution in [3.05, 3.63) is 11.9 Å². The van der Waals surface area contributed by atoms with Gasteiger partial charge in [0, 0.05) is 0 Å². The zero-order valence-electron chi connectivity index (χ0n) is 4.61. The Morgan fingerprint density at radius 3 is 2.30 bits per heavy atom. The van der Waals surface area contributed by atoms with Gasteiger partial charge in [0.05, 0.1) is 5.37 Å². The van der Waals surface area contributed by atoms with Crippen LogP contribution in [0.2, 0.25) is 0 Å². The van der Waals surface area contributed by atoms with E-state index in [-0.39, 0.29) is 0 Å². The van der Waals surface area contributed by atoms with Crippen molar-refractivity contribution in [1.29, 1.82) is 0 Å². The number of carboxylic acids is 1. The van der Waals surface area contributed by atoms with Gasteiger partial charge in [-0.2, -0.15) is 12.8 Å². The Kier molecular flexibility index (Phi) is 3.34. The van der Waals surface area contributed by atoms with Crippen molar-refractivity contribution in [2.45, 2.75) is 0 Å². The van der Waals surface area contributed by atoms with Gasteiger partial charge in [0.1, 0.15) is 0 Å². The predicted molar refractivity (Wildman–Crippen MR) is 31.8 cm³/mol. The summed E-state index contributed by atoms with van der Waals surface area (Å²) < 4.78 is 31.2. The fourth-order valence-electron chi connectivity index (χ4n) is 0.187. The summed E-state index contributed by atoms with van der Waals surface area (Å²) in [5.74, 6) is -3.30. The lowest BCUT2D eigenvalue weighted by atomic mass is 10.5. The summed E-state index contributed by atoms with van der Waals surface area (Å²) in [4.78, 5) is 9.65. The van der Waals surface area contributed by atoms with Gasteiger partial charge in [-0.05, 0) is 6.08 Å². The van der Waals surface area contributed by atoms with Crippen LogP contribution in [0.5, 0.6) is 0 Å². The predicted octanol–water partition coefficient (Wildman–Crippen LogP) is -0.394. The van der Waals surface area contributed by atoms with Gasteiger partial charge in [-0.15, -0.1) is 0 Å². The molecule has 0 atom stereocenters. The highest BCUT2D eigenvalue weighted by atomic mass is 32.2. The third kappa shape index (κ3) is 3.79. The fraction of sp³-hybridized carbons (Fsp3) is 0. The number of carboxylic acid groups (broad SMARTS) is 1. The van der Waals surface area contributed by atoms with E-state index in [1.54, 1.807) is 0 Å². The van der Waals surface area contributed by atoms with Gasteiger partial charge in [-0.1, -0.05) is 0 Å². The first-order valence-electron chi connectivity index (χ1n) is 2.06. The second kappa shape index (κ2) is 3.78. The Hall–Kier alpha value is -1.17. The van der Waals surface area contributed by atoms with E-state index in [4.69, 9.17) is 5.11 Å². The summed E-state index contributed by atoms with van der Waals surface area (Å²) in [5.41, 5.74) is 0. The van der Waals surface area contributed by atoms with Gasteiger partial charge in [0.25, 0.3) is 0 Å².